The second-order valence-corrected chi connectivity index (χ2v) is 4.29. The molecule has 1 heterocycles. The molecule has 4 heteroatoms. The lowest BCUT2D eigenvalue weighted by Gasteiger charge is -2.07. The van der Waals surface area contributed by atoms with Crippen LogP contribution in [0.4, 0.5) is 5.82 Å². The molecule has 2 rings (SSSR count). The van der Waals surface area contributed by atoms with Crippen molar-refractivity contribution in [1.29, 1.82) is 0 Å². The van der Waals surface area contributed by atoms with E-state index in [0.29, 0.717) is 11.6 Å². The van der Waals surface area contributed by atoms with Gasteiger partial charge in [-0.1, -0.05) is 31.2 Å². The summed E-state index contributed by atoms with van der Waals surface area (Å²) in [6.07, 6.45) is 2.64. The quantitative estimate of drug-likeness (QED) is 0.918. The maximum absolute atomic E-state index is 5.75. The molecule has 3 nitrogen and oxygen atoms in total. The van der Waals surface area contributed by atoms with Gasteiger partial charge in [0.2, 0.25) is 0 Å². The van der Waals surface area contributed by atoms with Gasteiger partial charge in [0.25, 0.3) is 0 Å². The normalized spacial score (nSPS) is 10.4. The van der Waals surface area contributed by atoms with Crippen molar-refractivity contribution in [2.45, 2.75) is 13.3 Å². The van der Waals surface area contributed by atoms with Crippen LogP contribution in [0, 0.1) is 0 Å². The molecule has 1 aromatic heterocycles. The number of aromatic nitrogens is 2. The molecule has 16 heavy (non-hydrogen) atoms. The van der Waals surface area contributed by atoms with Gasteiger partial charge >= 0.3 is 0 Å². The molecule has 0 aliphatic rings. The van der Waals surface area contributed by atoms with Gasteiger partial charge in [-0.2, -0.15) is 0 Å². The topological polar surface area (TPSA) is 51.8 Å². The van der Waals surface area contributed by atoms with Crippen LogP contribution in [0.1, 0.15) is 12.5 Å². The molecule has 0 amide bonds. The van der Waals surface area contributed by atoms with Crippen LogP contribution >= 0.6 is 15.9 Å². The summed E-state index contributed by atoms with van der Waals surface area (Å²) in [7, 11) is 0. The lowest BCUT2D eigenvalue weighted by molar-refractivity contribution is 1.11. The van der Waals surface area contributed by atoms with E-state index >= 15 is 0 Å². The molecule has 0 atom stereocenters. The molecule has 0 aliphatic carbocycles. The Hall–Kier alpha value is -1.42. The highest BCUT2D eigenvalue weighted by atomic mass is 79.9. The third kappa shape index (κ3) is 2.07. The van der Waals surface area contributed by atoms with Crippen molar-refractivity contribution in [2.24, 2.45) is 0 Å². The highest BCUT2D eigenvalue weighted by Gasteiger charge is 2.07. The largest absolute Gasteiger partial charge is 0.383 e. The summed E-state index contributed by atoms with van der Waals surface area (Å²) in [4.78, 5) is 8.55. The summed E-state index contributed by atoms with van der Waals surface area (Å²) >= 11 is 3.29. The number of halogens is 1. The number of nitrogens with two attached hydrogens (primary N) is 1. The van der Waals surface area contributed by atoms with Crippen molar-refractivity contribution in [3.63, 3.8) is 0 Å². The van der Waals surface area contributed by atoms with Crippen molar-refractivity contribution < 1.29 is 0 Å². The van der Waals surface area contributed by atoms with Crippen molar-refractivity contribution in [3.05, 3.63) is 40.5 Å². The molecule has 0 radical (unpaired) electrons. The maximum atomic E-state index is 5.75. The molecule has 2 N–H and O–H groups in total. The van der Waals surface area contributed by atoms with Gasteiger partial charge in [0.15, 0.2) is 5.82 Å². The molecule has 2 aromatic rings. The van der Waals surface area contributed by atoms with Crippen LogP contribution in [0.2, 0.25) is 0 Å². The Balaban J connectivity index is 2.54. The van der Waals surface area contributed by atoms with E-state index < -0.39 is 0 Å². The van der Waals surface area contributed by atoms with Crippen LogP contribution in [0.25, 0.3) is 11.4 Å². The van der Waals surface area contributed by atoms with Gasteiger partial charge in [0, 0.05) is 11.8 Å². The minimum absolute atomic E-state index is 0.468. The first kappa shape index (κ1) is 11.1. The molecule has 1 aromatic carbocycles. The zero-order valence-electron chi connectivity index (χ0n) is 8.94. The summed E-state index contributed by atoms with van der Waals surface area (Å²) < 4.78 is 0.727. The second kappa shape index (κ2) is 4.61. The number of hydrogen-bond acceptors (Lipinski definition) is 3. The summed E-state index contributed by atoms with van der Waals surface area (Å²) in [6, 6.07) is 8.10. The van der Waals surface area contributed by atoms with E-state index in [4.69, 9.17) is 5.73 Å². The first-order valence-electron chi connectivity index (χ1n) is 5.08. The standard InChI is InChI=1S/C12H12BrN3/c1-2-8-5-3-4-6-9(8)12-15-7-10(13)11(14)16-12/h3-7H,2H2,1H3,(H2,14,15,16). The summed E-state index contributed by atoms with van der Waals surface area (Å²) in [5, 5.41) is 0. The number of nitrogen functional groups attached to an aromatic ring is 1. The number of anilines is 1. The average Bonchev–Trinajstić information content (AvgIpc) is 2.32. The predicted octanol–water partition coefficient (Wildman–Crippen LogP) is 3.05. The number of hydrogen-bond donors (Lipinski definition) is 1. The van der Waals surface area contributed by atoms with Gasteiger partial charge in [-0.15, -0.1) is 0 Å². The van der Waals surface area contributed by atoms with Crippen molar-refractivity contribution in [1.82, 2.24) is 9.97 Å². The minimum atomic E-state index is 0.468. The number of nitrogens with zero attached hydrogens (tertiary/aromatic N) is 2. The van der Waals surface area contributed by atoms with Gasteiger partial charge in [0.05, 0.1) is 4.47 Å². The summed E-state index contributed by atoms with van der Waals surface area (Å²) in [5.41, 5.74) is 8.02. The van der Waals surface area contributed by atoms with Crippen LogP contribution in [-0.4, -0.2) is 9.97 Å². The predicted molar refractivity (Wildman–Crippen MR) is 69.0 cm³/mol. The molecular weight excluding hydrogens is 266 g/mol. The minimum Gasteiger partial charge on any atom is -0.383 e. The van der Waals surface area contributed by atoms with E-state index in [9.17, 15) is 0 Å². The van der Waals surface area contributed by atoms with E-state index in [2.05, 4.69) is 38.9 Å². The Morgan fingerprint density at radius 2 is 2.06 bits per heavy atom. The number of rotatable bonds is 2. The van der Waals surface area contributed by atoms with Crippen molar-refractivity contribution in [2.75, 3.05) is 5.73 Å². The van der Waals surface area contributed by atoms with E-state index in [1.54, 1.807) is 6.20 Å². The molecule has 0 saturated heterocycles. The molecular formula is C12H12BrN3. The highest BCUT2D eigenvalue weighted by Crippen LogP contribution is 2.23. The Morgan fingerprint density at radius 1 is 1.31 bits per heavy atom. The van der Waals surface area contributed by atoms with Gasteiger partial charge < -0.3 is 5.73 Å². The summed E-state index contributed by atoms with van der Waals surface area (Å²) in [5.74, 6) is 1.15. The smallest absolute Gasteiger partial charge is 0.161 e. The number of benzene rings is 1. The third-order valence-corrected chi connectivity index (χ3v) is 3.02. The van der Waals surface area contributed by atoms with Crippen molar-refractivity contribution in [3.8, 4) is 11.4 Å². The molecule has 82 valence electrons. The first-order chi connectivity index (χ1) is 7.72. The van der Waals surface area contributed by atoms with Crippen LogP contribution in [0.15, 0.2) is 34.9 Å². The Morgan fingerprint density at radius 3 is 2.75 bits per heavy atom. The molecule has 0 fully saturated rings. The van der Waals surface area contributed by atoms with E-state index in [0.717, 1.165) is 16.5 Å². The van der Waals surface area contributed by atoms with E-state index in [-0.39, 0.29) is 0 Å². The van der Waals surface area contributed by atoms with E-state index in [1.165, 1.54) is 5.56 Å². The fraction of sp³-hybridized carbons (Fsp3) is 0.167. The Bertz CT molecular complexity index is 511. The number of aryl methyl sites for hydroxylation is 1. The maximum Gasteiger partial charge on any atom is 0.161 e. The lowest BCUT2D eigenvalue weighted by atomic mass is 10.0. The van der Waals surface area contributed by atoms with Crippen LogP contribution < -0.4 is 5.73 Å². The van der Waals surface area contributed by atoms with Crippen LogP contribution in [-0.2, 0) is 6.42 Å². The average molecular weight is 278 g/mol. The summed E-state index contributed by atoms with van der Waals surface area (Å²) in [6.45, 7) is 2.11. The third-order valence-electron chi connectivity index (χ3n) is 2.41. The van der Waals surface area contributed by atoms with Crippen LogP contribution in [0.3, 0.4) is 0 Å². The monoisotopic (exact) mass is 277 g/mol. The highest BCUT2D eigenvalue weighted by molar-refractivity contribution is 9.10. The Labute approximate surface area is 103 Å². The molecule has 0 aliphatic heterocycles. The van der Waals surface area contributed by atoms with Gasteiger partial charge in [0.1, 0.15) is 5.82 Å². The van der Waals surface area contributed by atoms with Gasteiger partial charge in [-0.25, -0.2) is 9.97 Å². The van der Waals surface area contributed by atoms with E-state index in [1.807, 2.05) is 18.2 Å². The lowest BCUT2D eigenvalue weighted by Crippen LogP contribution is -1.98. The SMILES string of the molecule is CCc1ccccc1-c1ncc(Br)c(N)n1. The zero-order valence-corrected chi connectivity index (χ0v) is 10.5. The fourth-order valence-electron chi connectivity index (χ4n) is 1.56. The first-order valence-corrected chi connectivity index (χ1v) is 5.88. The van der Waals surface area contributed by atoms with Gasteiger partial charge in [-0.3, -0.25) is 0 Å². The van der Waals surface area contributed by atoms with Crippen molar-refractivity contribution >= 4 is 21.7 Å². The molecule has 0 saturated carbocycles. The Kier molecular flexibility index (Phi) is 3.19. The molecule has 0 spiro atoms. The molecule has 0 bridgehead atoms. The molecule has 0 unspecified atom stereocenters. The van der Waals surface area contributed by atoms with Crippen LogP contribution in [0.5, 0.6) is 0 Å². The zero-order chi connectivity index (χ0) is 11.5. The van der Waals surface area contributed by atoms with Gasteiger partial charge in [-0.05, 0) is 27.9 Å². The second-order valence-electron chi connectivity index (χ2n) is 3.44. The fourth-order valence-corrected chi connectivity index (χ4v) is 1.75.